The van der Waals surface area contributed by atoms with Crippen LogP contribution in [0.15, 0.2) is 42.7 Å². The second kappa shape index (κ2) is 4.61. The van der Waals surface area contributed by atoms with E-state index in [4.69, 9.17) is 4.74 Å². The van der Waals surface area contributed by atoms with E-state index in [9.17, 15) is 0 Å². The number of aromatic amines is 1. The van der Waals surface area contributed by atoms with Crippen LogP contribution in [0.2, 0.25) is 0 Å². The number of rotatable bonds is 2. The van der Waals surface area contributed by atoms with E-state index in [1.165, 1.54) is 3.57 Å². The molecule has 2 heterocycles. The van der Waals surface area contributed by atoms with Crippen molar-refractivity contribution in [2.45, 2.75) is 0 Å². The summed E-state index contributed by atoms with van der Waals surface area (Å²) in [6, 6.07) is 10.1. The zero-order chi connectivity index (χ0) is 12.5. The molecule has 0 fully saturated rings. The van der Waals surface area contributed by atoms with Crippen molar-refractivity contribution >= 4 is 33.6 Å². The smallest absolute Gasteiger partial charge is 0.138 e. The average Bonchev–Trinajstić information content (AvgIpc) is 2.80. The summed E-state index contributed by atoms with van der Waals surface area (Å²) in [5.41, 5.74) is 3.04. The Bertz CT molecular complexity index is 706. The number of nitrogens with one attached hydrogen (secondary N) is 1. The Morgan fingerprint density at radius 3 is 2.94 bits per heavy atom. The van der Waals surface area contributed by atoms with Crippen LogP contribution in [0.1, 0.15) is 0 Å². The van der Waals surface area contributed by atoms with Crippen LogP contribution in [-0.2, 0) is 0 Å². The number of fused-ring (bicyclic) bond motifs is 1. The molecule has 2 aromatic heterocycles. The van der Waals surface area contributed by atoms with E-state index in [0.717, 1.165) is 27.9 Å². The van der Waals surface area contributed by atoms with Gasteiger partial charge in [-0.25, -0.2) is 4.98 Å². The number of nitrogens with zero attached hydrogens (tertiary/aromatic N) is 1. The maximum Gasteiger partial charge on any atom is 0.138 e. The van der Waals surface area contributed by atoms with Crippen molar-refractivity contribution in [2.75, 3.05) is 7.11 Å². The van der Waals surface area contributed by atoms with Crippen molar-refractivity contribution in [1.82, 2.24) is 9.97 Å². The number of hydrogen-bond acceptors (Lipinski definition) is 2. The molecule has 3 aromatic rings. The fraction of sp³-hybridized carbons (Fsp3) is 0.0714. The Balaban J connectivity index is 2.21. The predicted octanol–water partition coefficient (Wildman–Crippen LogP) is 3.84. The van der Waals surface area contributed by atoms with E-state index < -0.39 is 0 Å². The maximum atomic E-state index is 5.39. The minimum absolute atomic E-state index is 0.865. The first-order valence-corrected chi connectivity index (χ1v) is 6.63. The van der Waals surface area contributed by atoms with Gasteiger partial charge in [-0.15, -0.1) is 0 Å². The normalized spacial score (nSPS) is 10.8. The lowest BCUT2D eigenvalue weighted by Crippen LogP contribution is -1.88. The van der Waals surface area contributed by atoms with Crippen LogP contribution in [0.4, 0.5) is 0 Å². The molecular formula is C14H11IN2O. The number of benzene rings is 1. The van der Waals surface area contributed by atoms with Gasteiger partial charge in [0.2, 0.25) is 0 Å². The lowest BCUT2D eigenvalue weighted by Gasteiger charge is -2.07. The second-order valence-corrected chi connectivity index (χ2v) is 5.12. The molecular weight excluding hydrogens is 339 g/mol. The Kier molecular flexibility index (Phi) is 2.95. The topological polar surface area (TPSA) is 37.9 Å². The van der Waals surface area contributed by atoms with Gasteiger partial charge in [-0.2, -0.15) is 0 Å². The van der Waals surface area contributed by atoms with Gasteiger partial charge in [0, 0.05) is 32.5 Å². The number of methoxy groups -OCH3 is 1. The van der Waals surface area contributed by atoms with Crippen molar-refractivity contribution in [1.29, 1.82) is 0 Å². The van der Waals surface area contributed by atoms with Crippen molar-refractivity contribution < 1.29 is 4.74 Å². The molecule has 0 aliphatic rings. The highest BCUT2D eigenvalue weighted by Crippen LogP contribution is 2.31. The number of aromatic nitrogens is 2. The Labute approximate surface area is 118 Å². The highest BCUT2D eigenvalue weighted by atomic mass is 127. The van der Waals surface area contributed by atoms with Crippen LogP contribution in [0.25, 0.3) is 22.2 Å². The van der Waals surface area contributed by atoms with Gasteiger partial charge in [-0.3, -0.25) is 0 Å². The summed E-state index contributed by atoms with van der Waals surface area (Å²) in [6.07, 6.45) is 3.83. The summed E-state index contributed by atoms with van der Waals surface area (Å²) < 4.78 is 6.56. The maximum absolute atomic E-state index is 5.39. The minimum atomic E-state index is 0.865. The zero-order valence-corrected chi connectivity index (χ0v) is 11.9. The van der Waals surface area contributed by atoms with Crippen LogP contribution >= 0.6 is 22.6 Å². The fourth-order valence-corrected chi connectivity index (χ4v) is 2.57. The third-order valence-corrected chi connectivity index (χ3v) is 3.79. The van der Waals surface area contributed by atoms with Gasteiger partial charge in [0.1, 0.15) is 11.4 Å². The van der Waals surface area contributed by atoms with E-state index in [2.05, 4.69) is 38.6 Å². The van der Waals surface area contributed by atoms with Crippen molar-refractivity contribution in [2.24, 2.45) is 0 Å². The van der Waals surface area contributed by atoms with Crippen LogP contribution in [0, 0.1) is 3.57 Å². The van der Waals surface area contributed by atoms with Gasteiger partial charge >= 0.3 is 0 Å². The van der Waals surface area contributed by atoms with Crippen molar-refractivity contribution in [3.63, 3.8) is 0 Å². The van der Waals surface area contributed by atoms with Crippen LogP contribution in [0.3, 0.4) is 0 Å². The first-order valence-electron chi connectivity index (χ1n) is 5.55. The highest BCUT2D eigenvalue weighted by molar-refractivity contribution is 14.1. The van der Waals surface area contributed by atoms with E-state index >= 15 is 0 Å². The quantitative estimate of drug-likeness (QED) is 0.713. The van der Waals surface area contributed by atoms with Gasteiger partial charge in [0.15, 0.2) is 0 Å². The number of ether oxygens (including phenoxy) is 1. The summed E-state index contributed by atoms with van der Waals surface area (Å²) >= 11 is 2.30. The van der Waals surface area contributed by atoms with Gasteiger partial charge in [0.05, 0.1) is 7.11 Å². The molecule has 0 radical (unpaired) electrons. The molecule has 0 aliphatic heterocycles. The van der Waals surface area contributed by atoms with Gasteiger partial charge in [-0.05, 0) is 34.7 Å². The molecule has 0 spiro atoms. The van der Waals surface area contributed by atoms with Crippen LogP contribution in [-0.4, -0.2) is 17.1 Å². The Morgan fingerprint density at radius 1 is 1.28 bits per heavy atom. The number of pyridine rings is 1. The largest absolute Gasteiger partial charge is 0.496 e. The molecule has 0 saturated carbocycles. The third kappa shape index (κ3) is 1.86. The fourth-order valence-electron chi connectivity index (χ4n) is 2.00. The molecule has 0 saturated heterocycles. The molecule has 1 N–H and O–H groups in total. The van der Waals surface area contributed by atoms with Crippen molar-refractivity contribution in [3.8, 4) is 16.9 Å². The molecule has 3 nitrogen and oxygen atoms in total. The minimum Gasteiger partial charge on any atom is -0.496 e. The highest BCUT2D eigenvalue weighted by Gasteiger charge is 2.08. The summed E-state index contributed by atoms with van der Waals surface area (Å²) in [5.74, 6) is 0.865. The summed E-state index contributed by atoms with van der Waals surface area (Å²) in [7, 11) is 1.69. The van der Waals surface area contributed by atoms with E-state index in [0.29, 0.717) is 0 Å². The second-order valence-electron chi connectivity index (χ2n) is 3.96. The zero-order valence-electron chi connectivity index (χ0n) is 9.77. The number of para-hydroxylation sites is 1. The summed E-state index contributed by atoms with van der Waals surface area (Å²) in [5, 5.41) is 1.14. The van der Waals surface area contributed by atoms with E-state index in [1.54, 1.807) is 7.11 Å². The van der Waals surface area contributed by atoms with Gasteiger partial charge < -0.3 is 9.72 Å². The van der Waals surface area contributed by atoms with Gasteiger partial charge in [-0.1, -0.05) is 18.2 Å². The Morgan fingerprint density at radius 2 is 2.11 bits per heavy atom. The molecule has 4 heteroatoms. The molecule has 0 aliphatic carbocycles. The third-order valence-electron chi connectivity index (χ3n) is 2.90. The monoisotopic (exact) mass is 350 g/mol. The molecule has 0 unspecified atom stereocenters. The van der Waals surface area contributed by atoms with Gasteiger partial charge in [0.25, 0.3) is 0 Å². The lowest BCUT2D eigenvalue weighted by molar-refractivity contribution is 0.416. The van der Waals surface area contributed by atoms with Crippen LogP contribution < -0.4 is 4.74 Å². The molecule has 1 aromatic carbocycles. The molecule has 90 valence electrons. The van der Waals surface area contributed by atoms with Crippen molar-refractivity contribution in [3.05, 3.63) is 46.3 Å². The molecule has 0 bridgehead atoms. The average molecular weight is 350 g/mol. The van der Waals surface area contributed by atoms with E-state index in [-0.39, 0.29) is 0 Å². The standard InChI is InChI=1S/C14H11IN2O/c1-18-13-5-3-2-4-10(13)9-6-11-12(15)8-17-14(11)16-7-9/h2-8H,1H3,(H,16,17). The summed E-state index contributed by atoms with van der Waals surface area (Å²) in [4.78, 5) is 7.58. The first kappa shape index (κ1) is 11.5. The lowest BCUT2D eigenvalue weighted by atomic mass is 10.1. The number of H-pyrrole nitrogens is 1. The molecule has 0 atom stereocenters. The SMILES string of the molecule is COc1ccccc1-c1cnc2[nH]cc(I)c2c1. The molecule has 0 amide bonds. The van der Waals surface area contributed by atoms with Crippen LogP contribution in [0.5, 0.6) is 5.75 Å². The Hall–Kier alpha value is -1.56. The predicted molar refractivity (Wildman–Crippen MR) is 80.8 cm³/mol. The number of halogens is 1. The first-order chi connectivity index (χ1) is 8.79. The summed E-state index contributed by atoms with van der Waals surface area (Å²) in [6.45, 7) is 0. The molecule has 3 rings (SSSR count). The number of hydrogen-bond donors (Lipinski definition) is 1. The molecule has 18 heavy (non-hydrogen) atoms. The van der Waals surface area contributed by atoms with E-state index in [1.807, 2.05) is 36.7 Å².